The van der Waals surface area contributed by atoms with E-state index in [2.05, 4.69) is 10.2 Å². The fraction of sp³-hybridized carbons (Fsp3) is 0.294. The molecule has 0 atom stereocenters. The molecule has 25 heavy (non-hydrogen) atoms. The zero-order valence-electron chi connectivity index (χ0n) is 13.8. The summed E-state index contributed by atoms with van der Waals surface area (Å²) in [5.74, 6) is -0.224. The first-order valence-electron chi connectivity index (χ1n) is 8.05. The van der Waals surface area contributed by atoms with Crippen molar-refractivity contribution in [3.05, 3.63) is 40.6 Å². The molecule has 2 aromatic rings. The van der Waals surface area contributed by atoms with E-state index in [1.54, 1.807) is 28.0 Å². The van der Waals surface area contributed by atoms with Gasteiger partial charge in [-0.1, -0.05) is 12.1 Å². The minimum atomic E-state index is -0.506. The molecule has 1 aromatic heterocycles. The second kappa shape index (κ2) is 6.47. The number of para-hydroxylation sites is 2. The van der Waals surface area contributed by atoms with Gasteiger partial charge in [-0.2, -0.15) is 0 Å². The van der Waals surface area contributed by atoms with Gasteiger partial charge in [0.2, 0.25) is 0 Å². The molecule has 1 saturated heterocycles. The van der Waals surface area contributed by atoms with Crippen LogP contribution in [0.1, 0.15) is 10.4 Å². The smallest absolute Gasteiger partial charge is 0.350 e. The summed E-state index contributed by atoms with van der Waals surface area (Å²) < 4.78 is 0. The van der Waals surface area contributed by atoms with E-state index in [0.717, 1.165) is 13.1 Å². The average molecular weight is 358 g/mol. The van der Waals surface area contributed by atoms with Crippen molar-refractivity contribution >= 4 is 40.4 Å². The number of carbonyl (C=O) groups is 2. The number of hydroxylamine groups is 2. The standard InChI is InChI=1S/C17H18N4O3S/c1-19-6-8-20(9-7-19)24-17(23)21-14-5-3-2-4-13(14)18-16(22)12-10-25-11-15(12)21/h2-5,10-11H,6-9H2,1H3,(H,18,22). The van der Waals surface area contributed by atoms with E-state index in [1.165, 1.54) is 16.2 Å². The lowest BCUT2D eigenvalue weighted by Crippen LogP contribution is -2.46. The number of amides is 2. The van der Waals surface area contributed by atoms with Crippen molar-refractivity contribution in [1.29, 1.82) is 0 Å². The van der Waals surface area contributed by atoms with Crippen LogP contribution in [-0.4, -0.2) is 55.2 Å². The van der Waals surface area contributed by atoms with Crippen LogP contribution in [0.4, 0.5) is 21.9 Å². The summed E-state index contributed by atoms with van der Waals surface area (Å²) in [6.45, 7) is 3.00. The Morgan fingerprint density at radius 3 is 2.68 bits per heavy atom. The first kappa shape index (κ1) is 16.1. The fourth-order valence-corrected chi connectivity index (χ4v) is 3.75. The van der Waals surface area contributed by atoms with Crippen LogP contribution >= 0.6 is 11.3 Å². The van der Waals surface area contributed by atoms with Crippen molar-refractivity contribution in [1.82, 2.24) is 9.96 Å². The van der Waals surface area contributed by atoms with Gasteiger partial charge in [0.1, 0.15) is 0 Å². The maximum atomic E-state index is 12.9. The van der Waals surface area contributed by atoms with Crippen molar-refractivity contribution in [2.45, 2.75) is 0 Å². The van der Waals surface area contributed by atoms with Crippen LogP contribution < -0.4 is 10.2 Å². The number of piperazine rings is 1. The molecule has 3 heterocycles. The van der Waals surface area contributed by atoms with Crippen molar-refractivity contribution in [2.24, 2.45) is 0 Å². The summed E-state index contributed by atoms with van der Waals surface area (Å²) >= 11 is 1.38. The number of anilines is 3. The SMILES string of the molecule is CN1CCN(OC(=O)N2c3ccccc3NC(=O)c3cscc32)CC1. The van der Waals surface area contributed by atoms with E-state index in [4.69, 9.17) is 4.84 Å². The Hall–Kier alpha value is -2.42. The van der Waals surface area contributed by atoms with Crippen molar-refractivity contribution in [3.8, 4) is 0 Å². The number of hydrogen-bond donors (Lipinski definition) is 1. The van der Waals surface area contributed by atoms with E-state index < -0.39 is 6.09 Å². The molecule has 1 aromatic carbocycles. The number of benzene rings is 1. The molecule has 0 spiro atoms. The van der Waals surface area contributed by atoms with E-state index in [9.17, 15) is 9.59 Å². The molecule has 2 amide bonds. The Labute approximate surface area is 149 Å². The van der Waals surface area contributed by atoms with E-state index >= 15 is 0 Å². The molecule has 8 heteroatoms. The second-order valence-corrected chi connectivity index (χ2v) is 6.81. The van der Waals surface area contributed by atoms with Gasteiger partial charge in [-0.25, -0.2) is 9.69 Å². The van der Waals surface area contributed by atoms with Crippen molar-refractivity contribution < 1.29 is 14.4 Å². The molecular formula is C17H18N4O3S. The quantitative estimate of drug-likeness (QED) is 0.849. The molecule has 0 saturated carbocycles. The van der Waals surface area contributed by atoms with Gasteiger partial charge < -0.3 is 15.1 Å². The number of nitrogens with zero attached hydrogens (tertiary/aromatic N) is 3. The molecule has 1 fully saturated rings. The van der Waals surface area contributed by atoms with Crippen LogP contribution in [0.15, 0.2) is 35.0 Å². The second-order valence-electron chi connectivity index (χ2n) is 6.07. The minimum absolute atomic E-state index is 0.224. The summed E-state index contributed by atoms with van der Waals surface area (Å²) in [6, 6.07) is 7.23. The Kier molecular flexibility index (Phi) is 4.16. The van der Waals surface area contributed by atoms with Crippen LogP contribution in [-0.2, 0) is 4.84 Å². The van der Waals surface area contributed by atoms with Gasteiger partial charge in [0.25, 0.3) is 5.91 Å². The molecule has 2 aliphatic heterocycles. The Morgan fingerprint density at radius 2 is 1.88 bits per heavy atom. The summed E-state index contributed by atoms with van der Waals surface area (Å²) in [4.78, 5) is 34.6. The lowest BCUT2D eigenvalue weighted by atomic mass is 10.2. The van der Waals surface area contributed by atoms with Crippen LogP contribution in [0.5, 0.6) is 0 Å². The number of carbonyl (C=O) groups excluding carboxylic acids is 2. The summed E-state index contributed by atoms with van der Waals surface area (Å²) in [7, 11) is 2.04. The third kappa shape index (κ3) is 2.99. The molecule has 0 radical (unpaired) electrons. The number of fused-ring (bicyclic) bond motifs is 2. The maximum absolute atomic E-state index is 12.9. The summed E-state index contributed by atoms with van der Waals surface area (Å²) in [5, 5.41) is 8.07. The van der Waals surface area contributed by atoms with Gasteiger partial charge in [0.05, 0.1) is 22.6 Å². The van der Waals surface area contributed by atoms with Gasteiger partial charge in [-0.05, 0) is 19.2 Å². The molecule has 0 bridgehead atoms. The molecule has 2 aliphatic rings. The van der Waals surface area contributed by atoms with Crippen LogP contribution in [0.3, 0.4) is 0 Å². The normalized spacial score (nSPS) is 18.1. The molecule has 130 valence electrons. The molecule has 4 rings (SSSR count). The lowest BCUT2D eigenvalue weighted by molar-refractivity contribution is -0.117. The third-order valence-corrected chi connectivity index (χ3v) is 5.10. The lowest BCUT2D eigenvalue weighted by Gasteiger charge is -2.32. The van der Waals surface area contributed by atoms with E-state index in [-0.39, 0.29) is 5.91 Å². The highest BCUT2D eigenvalue weighted by Gasteiger charge is 2.32. The highest BCUT2D eigenvalue weighted by atomic mass is 32.1. The minimum Gasteiger partial charge on any atom is -0.350 e. The summed E-state index contributed by atoms with van der Waals surface area (Å²) in [5.41, 5.74) is 2.21. The first-order chi connectivity index (χ1) is 12.1. The van der Waals surface area contributed by atoms with Crippen LogP contribution in [0, 0.1) is 0 Å². The molecule has 7 nitrogen and oxygen atoms in total. The third-order valence-electron chi connectivity index (χ3n) is 4.37. The summed E-state index contributed by atoms with van der Waals surface area (Å²) in [6.07, 6.45) is -0.506. The van der Waals surface area contributed by atoms with Gasteiger partial charge in [0.15, 0.2) is 0 Å². The number of nitrogens with one attached hydrogen (secondary N) is 1. The van der Waals surface area contributed by atoms with Gasteiger partial charge >= 0.3 is 6.09 Å². The Balaban J connectivity index is 1.67. The molecular weight excluding hydrogens is 340 g/mol. The van der Waals surface area contributed by atoms with Crippen molar-refractivity contribution in [2.75, 3.05) is 43.4 Å². The Bertz CT molecular complexity index is 814. The number of thiophene rings is 1. The largest absolute Gasteiger partial charge is 0.438 e. The Morgan fingerprint density at radius 1 is 1.12 bits per heavy atom. The van der Waals surface area contributed by atoms with Gasteiger partial charge in [0, 0.05) is 36.9 Å². The van der Waals surface area contributed by atoms with Gasteiger partial charge in [-0.15, -0.1) is 16.4 Å². The predicted molar refractivity (Wildman–Crippen MR) is 96.4 cm³/mol. The molecule has 1 N–H and O–H groups in total. The predicted octanol–water partition coefficient (Wildman–Crippen LogP) is 2.75. The van der Waals surface area contributed by atoms with Crippen molar-refractivity contribution in [3.63, 3.8) is 0 Å². The maximum Gasteiger partial charge on any atom is 0.438 e. The first-order valence-corrected chi connectivity index (χ1v) is 9.00. The van der Waals surface area contributed by atoms with Crippen LogP contribution in [0.25, 0.3) is 0 Å². The van der Waals surface area contributed by atoms with E-state index in [0.29, 0.717) is 35.7 Å². The van der Waals surface area contributed by atoms with Crippen LogP contribution in [0.2, 0.25) is 0 Å². The number of likely N-dealkylation sites (N-methyl/N-ethyl adjacent to an activating group) is 1. The average Bonchev–Trinajstić information content (AvgIpc) is 3.04. The molecule has 0 aliphatic carbocycles. The number of hydrogen-bond acceptors (Lipinski definition) is 6. The topological polar surface area (TPSA) is 65.1 Å². The zero-order valence-corrected chi connectivity index (χ0v) is 14.6. The highest BCUT2D eigenvalue weighted by Crippen LogP contribution is 2.39. The monoisotopic (exact) mass is 358 g/mol. The fourth-order valence-electron chi connectivity index (χ4n) is 2.95. The highest BCUT2D eigenvalue weighted by molar-refractivity contribution is 7.08. The van der Waals surface area contributed by atoms with Gasteiger partial charge in [-0.3, -0.25) is 4.79 Å². The zero-order chi connectivity index (χ0) is 17.4. The van der Waals surface area contributed by atoms with E-state index in [1.807, 2.05) is 19.2 Å². The number of rotatable bonds is 1. The molecule has 0 unspecified atom stereocenters.